The molecule has 3 aromatic rings. The van der Waals surface area contributed by atoms with E-state index in [9.17, 15) is 4.39 Å². The van der Waals surface area contributed by atoms with Gasteiger partial charge in [-0.15, -0.1) is 5.10 Å². The van der Waals surface area contributed by atoms with Crippen molar-refractivity contribution in [2.45, 2.75) is 13.2 Å². The van der Waals surface area contributed by atoms with Crippen molar-refractivity contribution in [1.82, 2.24) is 20.6 Å². The van der Waals surface area contributed by atoms with E-state index in [1.54, 1.807) is 31.4 Å². The van der Waals surface area contributed by atoms with Crippen LogP contribution in [-0.4, -0.2) is 27.7 Å². The average molecular weight is 408 g/mol. The summed E-state index contributed by atoms with van der Waals surface area (Å²) in [7, 11) is 1.55. The lowest BCUT2D eigenvalue weighted by atomic mass is 10.1. The number of nitrogens with one attached hydrogen (secondary N) is 2. The van der Waals surface area contributed by atoms with Gasteiger partial charge in [-0.25, -0.2) is 4.39 Å². The number of halogens is 2. The molecule has 2 N–H and O–H groups in total. The normalized spacial score (nSPS) is 10.5. The molecule has 130 valence electrons. The summed E-state index contributed by atoms with van der Waals surface area (Å²) in [4.78, 5) is 0. The minimum Gasteiger partial charge on any atom is -0.493 e. The van der Waals surface area contributed by atoms with Crippen molar-refractivity contribution in [3.05, 3.63) is 57.8 Å². The van der Waals surface area contributed by atoms with Crippen LogP contribution in [0, 0.1) is 5.82 Å². The molecule has 0 fully saturated rings. The number of hydrogen-bond donors (Lipinski definition) is 2. The van der Waals surface area contributed by atoms with Gasteiger partial charge in [-0.3, -0.25) is 0 Å². The lowest BCUT2D eigenvalue weighted by molar-refractivity contribution is 0.276. The molecule has 1 heterocycles. The number of methoxy groups -OCH3 is 1. The minimum absolute atomic E-state index is 0.0781. The molecule has 1 aromatic heterocycles. The largest absolute Gasteiger partial charge is 0.493 e. The van der Waals surface area contributed by atoms with Gasteiger partial charge in [0.2, 0.25) is 0 Å². The Morgan fingerprint density at radius 1 is 1.24 bits per heavy atom. The fourth-order valence-electron chi connectivity index (χ4n) is 2.24. The molecule has 0 atom stereocenters. The highest BCUT2D eigenvalue weighted by Crippen LogP contribution is 2.37. The van der Waals surface area contributed by atoms with E-state index in [1.165, 1.54) is 6.07 Å². The van der Waals surface area contributed by atoms with Gasteiger partial charge in [0.1, 0.15) is 12.4 Å². The van der Waals surface area contributed by atoms with Crippen LogP contribution >= 0.6 is 15.9 Å². The first-order chi connectivity index (χ1) is 12.2. The maximum atomic E-state index is 13.8. The Balaban J connectivity index is 1.84. The first kappa shape index (κ1) is 17.2. The summed E-state index contributed by atoms with van der Waals surface area (Å²) in [6, 6.07) is 10.1. The second-order valence-corrected chi connectivity index (χ2v) is 5.88. The van der Waals surface area contributed by atoms with Gasteiger partial charge in [-0.05, 0) is 23.4 Å². The predicted molar refractivity (Wildman–Crippen MR) is 92.9 cm³/mol. The third kappa shape index (κ3) is 4.05. The molecule has 0 spiro atoms. The van der Waals surface area contributed by atoms with Crippen molar-refractivity contribution in [1.29, 1.82) is 0 Å². The zero-order valence-electron chi connectivity index (χ0n) is 13.3. The average Bonchev–Trinajstić information content (AvgIpc) is 3.14. The number of benzene rings is 2. The molecule has 2 aromatic carbocycles. The van der Waals surface area contributed by atoms with Crippen molar-refractivity contribution >= 4 is 21.9 Å². The summed E-state index contributed by atoms with van der Waals surface area (Å²) in [6.45, 7) is 0.443. The van der Waals surface area contributed by atoms with Gasteiger partial charge in [0, 0.05) is 22.1 Å². The number of aromatic amines is 1. The Kier molecular flexibility index (Phi) is 5.44. The second kappa shape index (κ2) is 7.93. The number of rotatable bonds is 7. The Hall–Kier alpha value is -2.68. The quantitative estimate of drug-likeness (QED) is 0.624. The number of hydrogen-bond acceptors (Lipinski definition) is 6. The number of anilines is 1. The van der Waals surface area contributed by atoms with Crippen LogP contribution in [0.25, 0.3) is 0 Å². The summed E-state index contributed by atoms with van der Waals surface area (Å²) >= 11 is 3.50. The predicted octanol–water partition coefficient (Wildman–Crippen LogP) is 3.30. The van der Waals surface area contributed by atoms with Gasteiger partial charge < -0.3 is 14.8 Å². The van der Waals surface area contributed by atoms with E-state index in [2.05, 4.69) is 41.9 Å². The van der Waals surface area contributed by atoms with Crippen molar-refractivity contribution in [2.75, 3.05) is 12.4 Å². The molecule has 9 heteroatoms. The summed E-state index contributed by atoms with van der Waals surface area (Å²) in [5.74, 6) is 1.10. The Labute approximate surface area is 151 Å². The van der Waals surface area contributed by atoms with Crippen LogP contribution in [-0.2, 0) is 13.2 Å². The molecule has 0 bridgehead atoms. The van der Waals surface area contributed by atoms with Crippen molar-refractivity contribution < 1.29 is 13.9 Å². The van der Waals surface area contributed by atoms with E-state index < -0.39 is 0 Å². The highest BCUT2D eigenvalue weighted by Gasteiger charge is 2.16. The number of tetrazole rings is 1. The lowest BCUT2D eigenvalue weighted by Gasteiger charge is -2.17. The van der Waals surface area contributed by atoms with Crippen LogP contribution in [0.3, 0.4) is 0 Å². The summed E-state index contributed by atoms with van der Waals surface area (Å²) in [6.07, 6.45) is 0. The molecule has 25 heavy (non-hydrogen) atoms. The van der Waals surface area contributed by atoms with Gasteiger partial charge in [0.05, 0.1) is 7.11 Å². The van der Waals surface area contributed by atoms with E-state index in [1.807, 2.05) is 6.07 Å². The molecule has 7 nitrogen and oxygen atoms in total. The van der Waals surface area contributed by atoms with E-state index in [0.717, 1.165) is 10.0 Å². The molecule has 0 saturated heterocycles. The van der Waals surface area contributed by atoms with Gasteiger partial charge in [0.15, 0.2) is 11.5 Å². The molecule has 0 aliphatic carbocycles. The molecule has 0 saturated carbocycles. The third-order valence-electron chi connectivity index (χ3n) is 3.49. The van der Waals surface area contributed by atoms with E-state index in [-0.39, 0.29) is 12.4 Å². The van der Waals surface area contributed by atoms with Crippen LogP contribution in [0.15, 0.2) is 40.9 Å². The zero-order valence-corrected chi connectivity index (χ0v) is 14.9. The fourth-order valence-corrected chi connectivity index (χ4v) is 2.69. The molecule has 3 rings (SSSR count). The Morgan fingerprint density at radius 3 is 2.80 bits per heavy atom. The molecular formula is C16H15BrFN5O2. The van der Waals surface area contributed by atoms with E-state index in [0.29, 0.717) is 29.6 Å². The zero-order chi connectivity index (χ0) is 17.6. The van der Waals surface area contributed by atoms with Crippen LogP contribution in [0.4, 0.5) is 10.3 Å². The molecule has 0 aliphatic rings. The first-order valence-electron chi connectivity index (χ1n) is 7.38. The summed E-state index contributed by atoms with van der Waals surface area (Å²) in [5, 5.41) is 16.6. The number of H-pyrrole nitrogens is 1. The van der Waals surface area contributed by atoms with Crippen molar-refractivity contribution in [3.63, 3.8) is 0 Å². The number of aromatic nitrogens is 4. The molecule has 0 unspecified atom stereocenters. The highest BCUT2D eigenvalue weighted by molar-refractivity contribution is 9.10. The lowest BCUT2D eigenvalue weighted by Crippen LogP contribution is -2.07. The van der Waals surface area contributed by atoms with E-state index >= 15 is 0 Å². The van der Waals surface area contributed by atoms with Gasteiger partial charge in [-0.2, -0.15) is 5.21 Å². The van der Waals surface area contributed by atoms with Crippen molar-refractivity contribution in [2.24, 2.45) is 0 Å². The van der Waals surface area contributed by atoms with Gasteiger partial charge in [-0.1, -0.05) is 39.2 Å². The van der Waals surface area contributed by atoms with E-state index in [4.69, 9.17) is 9.47 Å². The van der Waals surface area contributed by atoms with Crippen LogP contribution in [0.1, 0.15) is 11.1 Å². The van der Waals surface area contributed by atoms with Crippen LogP contribution < -0.4 is 14.8 Å². The maximum Gasteiger partial charge on any atom is 0.263 e. The monoisotopic (exact) mass is 407 g/mol. The third-order valence-corrected chi connectivity index (χ3v) is 4.23. The SMILES string of the molecule is COc1ccc(Br)c(CNc2nn[nH]n2)c1OCc1ccccc1F. The minimum atomic E-state index is -0.317. The maximum absolute atomic E-state index is 13.8. The first-order valence-corrected chi connectivity index (χ1v) is 8.17. The molecule has 0 aliphatic heterocycles. The Bertz CT molecular complexity index is 845. The van der Waals surface area contributed by atoms with Crippen LogP contribution in [0.5, 0.6) is 11.5 Å². The smallest absolute Gasteiger partial charge is 0.263 e. The number of ether oxygens (including phenoxy) is 2. The topological polar surface area (TPSA) is 85.0 Å². The summed E-state index contributed by atoms with van der Waals surface area (Å²) in [5.41, 5.74) is 1.25. The highest BCUT2D eigenvalue weighted by atomic mass is 79.9. The number of nitrogens with zero attached hydrogens (tertiary/aromatic N) is 3. The molecular weight excluding hydrogens is 393 g/mol. The molecule has 0 amide bonds. The Morgan fingerprint density at radius 2 is 2.08 bits per heavy atom. The fraction of sp³-hybridized carbons (Fsp3) is 0.188. The standard InChI is InChI=1S/C16H15BrFN5O2/c1-24-14-7-6-12(17)11(8-19-16-20-22-23-21-16)15(14)25-9-10-4-2-3-5-13(10)18/h2-7H,8-9H2,1H3,(H2,19,20,21,22,23). The van der Waals surface area contributed by atoms with Crippen molar-refractivity contribution in [3.8, 4) is 11.5 Å². The van der Waals surface area contributed by atoms with Crippen LogP contribution in [0.2, 0.25) is 0 Å². The molecule has 0 radical (unpaired) electrons. The van der Waals surface area contributed by atoms with Gasteiger partial charge >= 0.3 is 0 Å². The van der Waals surface area contributed by atoms with Gasteiger partial charge in [0.25, 0.3) is 5.95 Å². The second-order valence-electron chi connectivity index (χ2n) is 5.03. The summed E-state index contributed by atoms with van der Waals surface area (Å²) < 4.78 is 25.9.